The zero-order valence-corrected chi connectivity index (χ0v) is 14.0. The molecule has 76 valence electrons. The van der Waals surface area contributed by atoms with E-state index < -0.39 is 28.4 Å². The zero-order chi connectivity index (χ0) is 10.9. The minimum atomic E-state index is -2.53. The molecule has 1 aromatic carbocycles. The van der Waals surface area contributed by atoms with Crippen molar-refractivity contribution in [1.82, 2.24) is 0 Å². The van der Waals surface area contributed by atoms with Crippen molar-refractivity contribution in [2.75, 3.05) is 0 Å². The van der Waals surface area contributed by atoms with E-state index in [0.29, 0.717) is 0 Å². The van der Waals surface area contributed by atoms with Crippen LogP contribution in [0.3, 0.4) is 0 Å². The second-order valence-electron chi connectivity index (χ2n) is 2.65. The van der Waals surface area contributed by atoms with Crippen LogP contribution in [-0.2, 0) is 11.1 Å². The first kappa shape index (κ1) is 19.0. The Morgan fingerprint density at radius 3 is 2.25 bits per heavy atom. The molecule has 16 heavy (non-hydrogen) atoms. The van der Waals surface area contributed by atoms with E-state index in [0.717, 1.165) is 12.1 Å². The van der Waals surface area contributed by atoms with Gasteiger partial charge in [0.2, 0.25) is 0 Å². The normalized spacial score (nSPS) is 10.9. The quantitative estimate of drug-likeness (QED) is 0.421. The molecule has 0 aliphatic heterocycles. The molecular weight excluding hydrogens is 254 g/mol. The van der Waals surface area contributed by atoms with Crippen molar-refractivity contribution < 1.29 is 82.9 Å². The van der Waals surface area contributed by atoms with E-state index in [-0.39, 0.29) is 69.6 Å². The van der Waals surface area contributed by atoms with Gasteiger partial charge in [-0.25, -0.2) is 4.79 Å². The third kappa shape index (κ3) is 4.46. The van der Waals surface area contributed by atoms with Crippen LogP contribution in [0, 0.1) is 6.92 Å². The maximum Gasteiger partial charge on any atom is 1.00 e. The summed E-state index contributed by atoms with van der Waals surface area (Å²) in [5, 5.41) is 19.6. The van der Waals surface area contributed by atoms with E-state index in [2.05, 4.69) is 0 Å². The molecule has 0 saturated heterocycles. The van der Waals surface area contributed by atoms with Crippen LogP contribution in [0.25, 0.3) is 0 Å². The number of carboxylic acid groups (broad SMARTS) is 1. The van der Waals surface area contributed by atoms with Crippen LogP contribution < -0.4 is 64.2 Å². The van der Waals surface area contributed by atoms with Crippen LogP contribution in [0.4, 0.5) is 0 Å². The molecule has 0 bridgehead atoms. The van der Waals surface area contributed by atoms with Crippen LogP contribution in [0.1, 0.15) is 15.9 Å². The Morgan fingerprint density at radius 2 is 1.88 bits per heavy atom. The van der Waals surface area contributed by atoms with Crippen LogP contribution in [-0.4, -0.2) is 19.8 Å². The number of aromatic carboxylic acids is 1. The fraction of sp³-hybridized carbons (Fsp3) is 0.125. The van der Waals surface area contributed by atoms with Crippen molar-refractivity contribution in [3.63, 3.8) is 0 Å². The molecule has 8 heteroatoms. The first-order valence-corrected chi connectivity index (χ1v) is 4.65. The molecule has 0 aliphatic carbocycles. The van der Waals surface area contributed by atoms with E-state index in [1.165, 1.54) is 6.92 Å². The zero-order valence-electron chi connectivity index (χ0n) is 9.14. The molecule has 1 atom stereocenters. The number of hydrogen-bond donors (Lipinski definition) is 1. The van der Waals surface area contributed by atoms with Gasteiger partial charge < -0.3 is 14.8 Å². The molecule has 1 aromatic rings. The monoisotopic (exact) mass is 260 g/mol. The van der Waals surface area contributed by atoms with Crippen LogP contribution in [0.5, 0.6) is 5.75 Å². The summed E-state index contributed by atoms with van der Waals surface area (Å²) in [6.45, 7) is 1.43. The van der Waals surface area contributed by atoms with Gasteiger partial charge in [-0.1, -0.05) is 11.8 Å². The van der Waals surface area contributed by atoms with Crippen molar-refractivity contribution in [2.24, 2.45) is 0 Å². The second kappa shape index (κ2) is 7.84. The third-order valence-corrected chi connectivity index (χ3v) is 2.49. The molecule has 0 aliphatic rings. The largest absolute Gasteiger partial charge is 1.00 e. The summed E-state index contributed by atoms with van der Waals surface area (Å²) < 4.78 is 21.2. The Labute approximate surface area is 139 Å². The summed E-state index contributed by atoms with van der Waals surface area (Å²) in [6.07, 6.45) is 0. The topological polar surface area (TPSA) is 100 Å². The molecule has 0 amide bonds. The van der Waals surface area contributed by atoms with Gasteiger partial charge in [-0.05, 0) is 29.6 Å². The molecule has 0 radical (unpaired) electrons. The molecule has 0 saturated carbocycles. The first-order valence-electron chi connectivity index (χ1n) is 3.57. The molecular formula is C8H6Na2O5S. The van der Waals surface area contributed by atoms with Gasteiger partial charge in [-0.2, -0.15) is 0 Å². The van der Waals surface area contributed by atoms with E-state index in [1.807, 2.05) is 0 Å². The molecule has 0 fully saturated rings. The number of aryl methyl sites for hydroxylation is 1. The summed E-state index contributed by atoms with van der Waals surface area (Å²) in [5.74, 6) is -2.12. The van der Waals surface area contributed by atoms with Crippen LogP contribution >= 0.6 is 0 Å². The maximum atomic E-state index is 11.1. The summed E-state index contributed by atoms with van der Waals surface area (Å²) >= 11 is -2.53. The molecule has 1 N–H and O–H groups in total. The van der Waals surface area contributed by atoms with Crippen molar-refractivity contribution in [2.45, 2.75) is 11.8 Å². The smallest absolute Gasteiger partial charge is 0.872 e. The van der Waals surface area contributed by atoms with Gasteiger partial charge in [0.1, 0.15) is 0 Å². The number of carbonyl (C=O) groups is 1. The van der Waals surface area contributed by atoms with E-state index in [1.54, 1.807) is 0 Å². The fourth-order valence-corrected chi connectivity index (χ4v) is 1.54. The average molecular weight is 260 g/mol. The fourth-order valence-electron chi connectivity index (χ4n) is 1.01. The predicted octanol–water partition coefficient (Wildman–Crippen LogP) is -5.99. The Kier molecular flexibility index (Phi) is 9.28. The molecule has 0 heterocycles. The van der Waals surface area contributed by atoms with Gasteiger partial charge in [-0.3, -0.25) is 4.21 Å². The minimum Gasteiger partial charge on any atom is -0.872 e. The summed E-state index contributed by atoms with van der Waals surface area (Å²) in [4.78, 5) is 10.3. The number of carboxylic acids is 1. The number of hydrogen-bond acceptors (Lipinski definition) is 4. The Balaban J connectivity index is 0. The molecule has 5 nitrogen and oxygen atoms in total. The second-order valence-corrected chi connectivity index (χ2v) is 3.56. The summed E-state index contributed by atoms with van der Waals surface area (Å²) in [6, 6.07) is 1.86. The predicted molar refractivity (Wildman–Crippen MR) is 44.8 cm³/mol. The maximum absolute atomic E-state index is 11.1. The molecule has 1 unspecified atom stereocenters. The van der Waals surface area contributed by atoms with Crippen LogP contribution in [0.15, 0.2) is 17.0 Å². The SMILES string of the molecule is Cc1cc([O-])c(C(=O)O)cc1S(=O)[O-].[Na+].[Na+]. The number of rotatable bonds is 2. The Hall–Kier alpha value is 0.600. The van der Waals surface area contributed by atoms with Gasteiger partial charge in [0.25, 0.3) is 0 Å². The van der Waals surface area contributed by atoms with Gasteiger partial charge in [0.05, 0.1) is 5.56 Å². The van der Waals surface area contributed by atoms with Gasteiger partial charge in [0.15, 0.2) is 0 Å². The van der Waals surface area contributed by atoms with Crippen molar-refractivity contribution in [3.05, 3.63) is 23.3 Å². The molecule has 1 rings (SSSR count). The van der Waals surface area contributed by atoms with Crippen LogP contribution in [0.2, 0.25) is 0 Å². The summed E-state index contributed by atoms with van der Waals surface area (Å²) in [5.41, 5.74) is -0.289. The third-order valence-electron chi connectivity index (χ3n) is 1.69. The van der Waals surface area contributed by atoms with Crippen molar-refractivity contribution in [1.29, 1.82) is 0 Å². The van der Waals surface area contributed by atoms with E-state index in [9.17, 15) is 18.7 Å². The average Bonchev–Trinajstić information content (AvgIpc) is 2.02. The number of benzene rings is 1. The van der Waals surface area contributed by atoms with Crippen molar-refractivity contribution in [3.8, 4) is 5.75 Å². The molecule has 0 spiro atoms. The Bertz CT molecular complexity index is 386. The van der Waals surface area contributed by atoms with E-state index >= 15 is 0 Å². The van der Waals surface area contributed by atoms with Crippen molar-refractivity contribution >= 4 is 17.0 Å². The minimum absolute atomic E-state index is 0. The standard InChI is InChI=1S/C8H8O5S.2Na/c1-4-2-6(9)5(8(10)11)3-7(4)14(12)13;;/h2-3,9H,1H3,(H,10,11)(H,12,13);;/q;2*+1/p-2. The van der Waals surface area contributed by atoms with Gasteiger partial charge >= 0.3 is 65.1 Å². The van der Waals surface area contributed by atoms with Gasteiger partial charge in [0, 0.05) is 4.90 Å². The van der Waals surface area contributed by atoms with E-state index in [4.69, 9.17) is 5.11 Å². The summed E-state index contributed by atoms with van der Waals surface area (Å²) in [7, 11) is 0. The Morgan fingerprint density at radius 1 is 1.38 bits per heavy atom. The van der Waals surface area contributed by atoms with Gasteiger partial charge in [-0.15, -0.1) is 0 Å². The molecule has 0 aromatic heterocycles. The first-order chi connectivity index (χ1) is 6.43.